The number of carbonyl (C=O) groups is 2. The number of rotatable bonds is 9. The zero-order valence-electron chi connectivity index (χ0n) is 19.0. The van der Waals surface area contributed by atoms with Crippen molar-refractivity contribution in [1.82, 2.24) is 14.8 Å². The highest BCUT2D eigenvalue weighted by atomic mass is 32.2. The van der Waals surface area contributed by atoms with Crippen LogP contribution in [0.5, 0.6) is 0 Å². The van der Waals surface area contributed by atoms with Gasteiger partial charge >= 0.3 is 5.97 Å². The van der Waals surface area contributed by atoms with Crippen LogP contribution in [0, 0.1) is 0 Å². The van der Waals surface area contributed by atoms with Gasteiger partial charge in [0.1, 0.15) is 5.00 Å². The van der Waals surface area contributed by atoms with Crippen molar-refractivity contribution in [3.8, 4) is 11.4 Å². The standard InChI is InChI=1S/C23H28N4O3S2/c1-6-17-12-18(22(29)30-7-2)21(32-17)24-19(28)13-31-23-26-25-20(27(23)5)16-10-8-15(9-11-16)14(3)4/h8-12,14H,6-7,13H2,1-5H3,(H,24,28). The van der Waals surface area contributed by atoms with Gasteiger partial charge in [0.25, 0.3) is 0 Å². The van der Waals surface area contributed by atoms with Crippen LogP contribution in [0.4, 0.5) is 5.00 Å². The Morgan fingerprint density at radius 3 is 2.53 bits per heavy atom. The first-order chi connectivity index (χ1) is 15.3. The van der Waals surface area contributed by atoms with E-state index < -0.39 is 5.97 Å². The van der Waals surface area contributed by atoms with Gasteiger partial charge in [-0.05, 0) is 30.9 Å². The molecule has 3 rings (SSSR count). The number of thioether (sulfide) groups is 1. The summed E-state index contributed by atoms with van der Waals surface area (Å²) < 4.78 is 6.99. The maximum absolute atomic E-state index is 12.6. The van der Waals surface area contributed by atoms with Crippen LogP contribution >= 0.6 is 23.1 Å². The minimum atomic E-state index is -0.423. The molecule has 1 N–H and O–H groups in total. The summed E-state index contributed by atoms with van der Waals surface area (Å²) in [6.07, 6.45) is 0.779. The molecule has 0 saturated carbocycles. The molecule has 0 bridgehead atoms. The number of esters is 1. The first-order valence-electron chi connectivity index (χ1n) is 10.6. The van der Waals surface area contributed by atoms with Gasteiger partial charge in [-0.3, -0.25) is 4.79 Å². The van der Waals surface area contributed by atoms with Crippen LogP contribution in [0.3, 0.4) is 0 Å². The molecule has 0 aliphatic carbocycles. The van der Waals surface area contributed by atoms with Gasteiger partial charge < -0.3 is 14.6 Å². The van der Waals surface area contributed by atoms with Gasteiger partial charge in [0, 0.05) is 17.5 Å². The minimum absolute atomic E-state index is 0.153. The van der Waals surface area contributed by atoms with Gasteiger partial charge in [0.2, 0.25) is 5.91 Å². The number of hydrogen-bond donors (Lipinski definition) is 1. The monoisotopic (exact) mass is 472 g/mol. The van der Waals surface area contributed by atoms with Crippen LogP contribution in [0.15, 0.2) is 35.5 Å². The van der Waals surface area contributed by atoms with E-state index in [1.807, 2.05) is 30.7 Å². The molecule has 9 heteroatoms. The second-order valence-electron chi connectivity index (χ2n) is 7.51. The number of amides is 1. The molecule has 0 radical (unpaired) electrons. The molecule has 0 fully saturated rings. The predicted octanol–water partition coefficient (Wildman–Crippen LogP) is 5.14. The lowest BCUT2D eigenvalue weighted by molar-refractivity contribution is -0.113. The SMILES string of the molecule is CCOC(=O)c1cc(CC)sc1NC(=O)CSc1nnc(-c2ccc(C(C)C)cc2)n1C. The predicted molar refractivity (Wildman–Crippen MR) is 130 cm³/mol. The molecule has 7 nitrogen and oxygen atoms in total. The number of anilines is 1. The maximum atomic E-state index is 12.6. The van der Waals surface area contributed by atoms with Crippen molar-refractivity contribution in [3.63, 3.8) is 0 Å². The molecule has 1 amide bonds. The summed E-state index contributed by atoms with van der Waals surface area (Å²) in [5.74, 6) is 0.733. The number of benzene rings is 1. The average molecular weight is 473 g/mol. The van der Waals surface area contributed by atoms with E-state index in [2.05, 4.69) is 41.5 Å². The third-order valence-corrected chi connectivity index (χ3v) is 7.10. The van der Waals surface area contributed by atoms with Gasteiger partial charge in [-0.25, -0.2) is 4.79 Å². The second kappa shape index (κ2) is 10.8. The van der Waals surface area contributed by atoms with Crippen molar-refractivity contribution in [2.24, 2.45) is 7.05 Å². The molecule has 0 aliphatic heterocycles. The number of ether oxygens (including phenoxy) is 1. The summed E-state index contributed by atoms with van der Waals surface area (Å²) in [5, 5.41) is 12.6. The zero-order chi connectivity index (χ0) is 23.3. The fraction of sp³-hybridized carbons (Fsp3) is 0.391. The number of nitrogens with zero attached hydrogens (tertiary/aromatic N) is 3. The number of nitrogens with one attached hydrogen (secondary N) is 1. The van der Waals surface area contributed by atoms with E-state index in [0.29, 0.717) is 21.6 Å². The van der Waals surface area contributed by atoms with Crippen LogP contribution in [0.1, 0.15) is 54.4 Å². The molecular weight excluding hydrogens is 444 g/mol. The van der Waals surface area contributed by atoms with E-state index in [4.69, 9.17) is 4.74 Å². The Morgan fingerprint density at radius 1 is 1.19 bits per heavy atom. The molecule has 0 spiro atoms. The Labute approximate surface area is 196 Å². The molecule has 0 atom stereocenters. The van der Waals surface area contributed by atoms with E-state index in [-0.39, 0.29) is 18.3 Å². The average Bonchev–Trinajstić information content (AvgIpc) is 3.35. The molecule has 0 unspecified atom stereocenters. The molecule has 3 aromatic rings. The van der Waals surface area contributed by atoms with Gasteiger partial charge in [0.15, 0.2) is 11.0 Å². The highest BCUT2D eigenvalue weighted by molar-refractivity contribution is 7.99. The van der Waals surface area contributed by atoms with Crippen LogP contribution in [0.25, 0.3) is 11.4 Å². The van der Waals surface area contributed by atoms with Crippen molar-refractivity contribution in [2.45, 2.75) is 45.2 Å². The summed E-state index contributed by atoms with van der Waals surface area (Å²) in [4.78, 5) is 25.8. The highest BCUT2D eigenvalue weighted by Gasteiger charge is 2.19. The number of aryl methyl sites for hydroxylation is 1. The maximum Gasteiger partial charge on any atom is 0.341 e. The minimum Gasteiger partial charge on any atom is -0.462 e. The molecule has 2 heterocycles. The van der Waals surface area contributed by atoms with Crippen LogP contribution in [-0.2, 0) is 23.0 Å². The first kappa shape index (κ1) is 24.0. The van der Waals surface area contributed by atoms with E-state index in [0.717, 1.165) is 22.7 Å². The lowest BCUT2D eigenvalue weighted by atomic mass is 10.0. The van der Waals surface area contributed by atoms with E-state index in [1.54, 1.807) is 13.0 Å². The summed E-state index contributed by atoms with van der Waals surface area (Å²) >= 11 is 2.70. The molecule has 32 heavy (non-hydrogen) atoms. The number of thiophene rings is 1. The van der Waals surface area contributed by atoms with Crippen molar-refractivity contribution < 1.29 is 14.3 Å². The van der Waals surface area contributed by atoms with E-state index >= 15 is 0 Å². The van der Waals surface area contributed by atoms with E-state index in [1.165, 1.54) is 28.7 Å². The third-order valence-electron chi connectivity index (χ3n) is 4.88. The number of hydrogen-bond acceptors (Lipinski definition) is 7. The lowest BCUT2D eigenvalue weighted by Crippen LogP contribution is -2.16. The lowest BCUT2D eigenvalue weighted by Gasteiger charge is -2.08. The zero-order valence-corrected chi connectivity index (χ0v) is 20.6. The molecule has 2 aromatic heterocycles. The van der Waals surface area contributed by atoms with Crippen molar-refractivity contribution in [2.75, 3.05) is 17.7 Å². The largest absolute Gasteiger partial charge is 0.462 e. The summed E-state index contributed by atoms with van der Waals surface area (Å²) in [6.45, 7) is 8.37. The van der Waals surface area contributed by atoms with E-state index in [9.17, 15) is 9.59 Å². The molecule has 1 aromatic carbocycles. The summed E-state index contributed by atoms with van der Waals surface area (Å²) in [6, 6.07) is 10.1. The van der Waals surface area contributed by atoms with Crippen LogP contribution in [-0.4, -0.2) is 39.0 Å². The number of carbonyl (C=O) groups excluding carboxylic acids is 2. The Kier molecular flexibility index (Phi) is 8.09. The Bertz CT molecular complexity index is 1090. The Morgan fingerprint density at radius 2 is 1.91 bits per heavy atom. The Balaban J connectivity index is 1.66. The fourth-order valence-corrected chi connectivity index (χ4v) is 4.78. The molecule has 0 saturated heterocycles. The fourth-order valence-electron chi connectivity index (χ4n) is 3.07. The number of aromatic nitrogens is 3. The van der Waals surface area contributed by atoms with Gasteiger partial charge in [0.05, 0.1) is 17.9 Å². The molecule has 0 aliphatic rings. The van der Waals surface area contributed by atoms with Crippen molar-refractivity contribution in [1.29, 1.82) is 0 Å². The van der Waals surface area contributed by atoms with Gasteiger partial charge in [-0.15, -0.1) is 21.5 Å². The summed E-state index contributed by atoms with van der Waals surface area (Å²) in [7, 11) is 1.89. The molecule has 170 valence electrons. The smallest absolute Gasteiger partial charge is 0.341 e. The highest BCUT2D eigenvalue weighted by Crippen LogP contribution is 2.30. The summed E-state index contributed by atoms with van der Waals surface area (Å²) in [5.41, 5.74) is 2.65. The third kappa shape index (κ3) is 5.58. The normalized spacial score (nSPS) is 11.1. The van der Waals surface area contributed by atoms with Gasteiger partial charge in [-0.1, -0.05) is 56.8 Å². The van der Waals surface area contributed by atoms with Crippen LogP contribution in [0.2, 0.25) is 0 Å². The topological polar surface area (TPSA) is 86.1 Å². The van der Waals surface area contributed by atoms with Crippen LogP contribution < -0.4 is 5.32 Å². The first-order valence-corrected chi connectivity index (χ1v) is 12.4. The molecular formula is C23H28N4O3S2. The second-order valence-corrected chi connectivity index (χ2v) is 9.59. The van der Waals surface area contributed by atoms with Crippen molar-refractivity contribution >= 4 is 40.0 Å². The van der Waals surface area contributed by atoms with Crippen molar-refractivity contribution in [3.05, 3.63) is 46.3 Å². The quantitative estimate of drug-likeness (QED) is 0.343. The Hall–Kier alpha value is -2.65. The van der Waals surface area contributed by atoms with Gasteiger partial charge in [-0.2, -0.15) is 0 Å².